The monoisotopic (exact) mass is 563 g/mol. The number of carbonyl (C=O) groups is 2. The van der Waals surface area contributed by atoms with Crippen LogP contribution in [-0.4, -0.2) is 31.7 Å². The number of hydrogen-bond donors (Lipinski definition) is 2. The molecule has 3 aromatic carbocycles. The first-order valence-corrected chi connectivity index (χ1v) is 11.5. The number of aryl methyl sites for hydroxylation is 1. The van der Waals surface area contributed by atoms with E-state index in [1.807, 2.05) is 19.1 Å². The Hall–Kier alpha value is -3.07. The van der Waals surface area contributed by atoms with E-state index in [2.05, 4.69) is 31.8 Å². The molecule has 0 aliphatic carbocycles. The average molecular weight is 565 g/mol. The van der Waals surface area contributed by atoms with Crippen LogP contribution in [0.1, 0.15) is 21.5 Å². The first-order chi connectivity index (χ1) is 16.3. The molecular formula is C24H20BrCl2N3O4. The quantitative estimate of drug-likeness (QED) is 0.265. The highest BCUT2D eigenvalue weighted by Gasteiger charge is 2.14. The van der Waals surface area contributed by atoms with Crippen molar-refractivity contribution in [3.05, 3.63) is 85.8 Å². The lowest BCUT2D eigenvalue weighted by Crippen LogP contribution is -2.20. The van der Waals surface area contributed by atoms with Crippen molar-refractivity contribution in [2.75, 3.05) is 19.0 Å². The third kappa shape index (κ3) is 6.96. The molecule has 0 fully saturated rings. The summed E-state index contributed by atoms with van der Waals surface area (Å²) in [5.41, 5.74) is 5.18. The summed E-state index contributed by atoms with van der Waals surface area (Å²) in [6.45, 7) is 1.68. The predicted molar refractivity (Wildman–Crippen MR) is 138 cm³/mol. The maximum absolute atomic E-state index is 12.3. The van der Waals surface area contributed by atoms with Crippen LogP contribution in [0.4, 0.5) is 5.69 Å². The number of rotatable bonds is 8. The van der Waals surface area contributed by atoms with Gasteiger partial charge in [-0.3, -0.25) is 9.59 Å². The lowest BCUT2D eigenvalue weighted by Gasteiger charge is -2.13. The minimum atomic E-state index is -0.392. The summed E-state index contributed by atoms with van der Waals surface area (Å²) in [5, 5.41) is 7.40. The molecule has 0 spiro atoms. The smallest absolute Gasteiger partial charge is 0.271 e. The van der Waals surface area contributed by atoms with Gasteiger partial charge in [-0.1, -0.05) is 40.9 Å². The molecule has 7 nitrogen and oxygen atoms in total. The van der Waals surface area contributed by atoms with Gasteiger partial charge in [0, 0.05) is 11.3 Å². The van der Waals surface area contributed by atoms with Crippen molar-refractivity contribution in [3.8, 4) is 11.5 Å². The zero-order valence-electron chi connectivity index (χ0n) is 18.2. The Morgan fingerprint density at radius 2 is 1.79 bits per heavy atom. The van der Waals surface area contributed by atoms with Crippen LogP contribution in [0.25, 0.3) is 0 Å². The summed E-state index contributed by atoms with van der Waals surface area (Å²) in [6, 6.07) is 15.3. The van der Waals surface area contributed by atoms with Gasteiger partial charge < -0.3 is 14.8 Å². The Balaban J connectivity index is 1.62. The molecule has 0 unspecified atom stereocenters. The van der Waals surface area contributed by atoms with Gasteiger partial charge in [0.25, 0.3) is 11.8 Å². The van der Waals surface area contributed by atoms with E-state index in [1.54, 1.807) is 42.5 Å². The van der Waals surface area contributed by atoms with Crippen molar-refractivity contribution in [3.63, 3.8) is 0 Å². The zero-order valence-corrected chi connectivity index (χ0v) is 21.3. The van der Waals surface area contributed by atoms with E-state index in [4.69, 9.17) is 32.7 Å². The Bertz CT molecular complexity index is 1230. The Labute approximate surface area is 215 Å². The molecule has 0 aliphatic heterocycles. The molecule has 0 saturated heterocycles. The van der Waals surface area contributed by atoms with Gasteiger partial charge in [0.05, 0.1) is 27.8 Å². The molecule has 0 heterocycles. The third-order valence-electron chi connectivity index (χ3n) is 4.50. The van der Waals surface area contributed by atoms with Crippen molar-refractivity contribution in [1.29, 1.82) is 0 Å². The summed E-state index contributed by atoms with van der Waals surface area (Å²) in [7, 11) is 1.48. The summed E-state index contributed by atoms with van der Waals surface area (Å²) in [6.07, 6.45) is 1.47. The van der Waals surface area contributed by atoms with Gasteiger partial charge >= 0.3 is 0 Å². The van der Waals surface area contributed by atoms with Crippen molar-refractivity contribution in [1.82, 2.24) is 5.43 Å². The van der Waals surface area contributed by atoms with Gasteiger partial charge in [0.2, 0.25) is 0 Å². The van der Waals surface area contributed by atoms with Crippen LogP contribution in [0.15, 0.2) is 64.2 Å². The fraction of sp³-hybridized carbons (Fsp3) is 0.125. The van der Waals surface area contributed by atoms with Crippen LogP contribution in [0.3, 0.4) is 0 Å². The van der Waals surface area contributed by atoms with E-state index in [1.165, 1.54) is 13.3 Å². The molecule has 0 saturated carbocycles. The number of benzene rings is 3. The number of hydrogen-bond acceptors (Lipinski definition) is 5. The Morgan fingerprint density at radius 3 is 2.47 bits per heavy atom. The SMILES string of the molecule is COc1cc(/C=N/NC(=O)c2ccc(C)cc2)cc(Br)c1OCC(=O)Nc1ccc(Cl)c(Cl)c1. The van der Waals surface area contributed by atoms with Crippen molar-refractivity contribution in [2.24, 2.45) is 5.10 Å². The van der Waals surface area contributed by atoms with Gasteiger partial charge in [-0.25, -0.2) is 5.43 Å². The average Bonchev–Trinajstić information content (AvgIpc) is 2.80. The number of ether oxygens (including phenoxy) is 2. The number of hydrazone groups is 1. The number of carbonyl (C=O) groups excluding carboxylic acids is 2. The molecule has 2 N–H and O–H groups in total. The molecule has 3 rings (SSSR count). The number of amides is 2. The fourth-order valence-corrected chi connectivity index (χ4v) is 3.67. The molecule has 34 heavy (non-hydrogen) atoms. The van der Waals surface area contributed by atoms with Crippen molar-refractivity contribution < 1.29 is 19.1 Å². The molecular weight excluding hydrogens is 545 g/mol. The van der Waals surface area contributed by atoms with E-state index in [0.717, 1.165) is 5.56 Å². The second kappa shape index (κ2) is 11.9. The van der Waals surface area contributed by atoms with Crippen molar-refractivity contribution in [2.45, 2.75) is 6.92 Å². The van der Waals surface area contributed by atoms with Crippen LogP contribution < -0.4 is 20.2 Å². The van der Waals surface area contributed by atoms with Crippen LogP contribution >= 0.6 is 39.1 Å². The number of halogens is 3. The topological polar surface area (TPSA) is 89.0 Å². The normalized spacial score (nSPS) is 10.7. The van der Waals surface area contributed by atoms with Crippen LogP contribution in [-0.2, 0) is 4.79 Å². The first-order valence-electron chi connectivity index (χ1n) is 9.92. The van der Waals surface area contributed by atoms with Crippen LogP contribution in [0.2, 0.25) is 10.0 Å². The van der Waals surface area contributed by atoms with Crippen molar-refractivity contribution >= 4 is 62.8 Å². The lowest BCUT2D eigenvalue weighted by atomic mass is 10.1. The van der Waals surface area contributed by atoms with E-state index in [0.29, 0.717) is 42.8 Å². The molecule has 0 bridgehead atoms. The highest BCUT2D eigenvalue weighted by Crippen LogP contribution is 2.36. The second-order valence-electron chi connectivity index (χ2n) is 7.07. The van der Waals surface area contributed by atoms with E-state index < -0.39 is 5.91 Å². The number of nitrogens with one attached hydrogen (secondary N) is 2. The minimum absolute atomic E-state index is 0.269. The number of anilines is 1. The fourth-order valence-electron chi connectivity index (χ4n) is 2.80. The molecule has 0 radical (unpaired) electrons. The van der Waals surface area contributed by atoms with Crippen LogP contribution in [0.5, 0.6) is 11.5 Å². The summed E-state index contributed by atoms with van der Waals surface area (Å²) >= 11 is 15.3. The van der Waals surface area contributed by atoms with E-state index in [-0.39, 0.29) is 12.5 Å². The molecule has 0 atom stereocenters. The number of methoxy groups -OCH3 is 1. The highest BCUT2D eigenvalue weighted by atomic mass is 79.9. The molecule has 176 valence electrons. The molecule has 2 amide bonds. The van der Waals surface area contributed by atoms with Crippen LogP contribution in [0, 0.1) is 6.92 Å². The van der Waals surface area contributed by atoms with Gasteiger partial charge in [-0.2, -0.15) is 5.10 Å². The van der Waals surface area contributed by atoms with Gasteiger partial charge in [-0.15, -0.1) is 0 Å². The molecule has 0 aromatic heterocycles. The predicted octanol–water partition coefficient (Wildman–Crippen LogP) is 5.85. The maximum Gasteiger partial charge on any atom is 0.271 e. The van der Waals surface area contributed by atoms with Gasteiger partial charge in [0.1, 0.15) is 0 Å². The summed E-state index contributed by atoms with van der Waals surface area (Å²) in [4.78, 5) is 24.4. The van der Waals surface area contributed by atoms with Gasteiger partial charge in [0.15, 0.2) is 18.1 Å². The first kappa shape index (κ1) is 25.6. The lowest BCUT2D eigenvalue weighted by molar-refractivity contribution is -0.118. The minimum Gasteiger partial charge on any atom is -0.493 e. The van der Waals surface area contributed by atoms with E-state index >= 15 is 0 Å². The largest absolute Gasteiger partial charge is 0.493 e. The van der Waals surface area contributed by atoms with Gasteiger partial charge in [-0.05, 0) is 70.9 Å². The third-order valence-corrected chi connectivity index (χ3v) is 5.82. The zero-order chi connectivity index (χ0) is 24.7. The highest BCUT2D eigenvalue weighted by molar-refractivity contribution is 9.10. The summed E-state index contributed by atoms with van der Waals surface area (Å²) < 4.78 is 11.6. The Morgan fingerprint density at radius 1 is 1.06 bits per heavy atom. The maximum atomic E-state index is 12.3. The second-order valence-corrected chi connectivity index (χ2v) is 8.73. The molecule has 3 aromatic rings. The molecule has 0 aliphatic rings. The standard InChI is InChI=1S/C24H20BrCl2N3O4/c1-14-3-5-16(6-4-14)24(32)30-28-12-15-9-18(25)23(21(10-15)33-2)34-13-22(31)29-17-7-8-19(26)20(27)11-17/h3-12H,13H2,1-2H3,(H,29,31)(H,30,32)/b28-12+. The Kier molecular flexibility index (Phi) is 8.92. The van der Waals surface area contributed by atoms with E-state index in [9.17, 15) is 9.59 Å². The number of nitrogens with zero attached hydrogens (tertiary/aromatic N) is 1. The summed E-state index contributed by atoms with van der Waals surface area (Å²) in [5.74, 6) is 0.00248. The molecule has 10 heteroatoms.